The van der Waals surface area contributed by atoms with Crippen molar-refractivity contribution in [3.8, 4) is 11.5 Å². The molecule has 24 heavy (non-hydrogen) atoms. The van der Waals surface area contributed by atoms with Crippen molar-refractivity contribution in [2.75, 3.05) is 5.32 Å². The molecule has 4 heterocycles. The van der Waals surface area contributed by atoms with Crippen molar-refractivity contribution in [3.63, 3.8) is 0 Å². The molecule has 0 radical (unpaired) electrons. The number of carbonyl (C=O) groups excluding carboxylic acids is 1. The summed E-state index contributed by atoms with van der Waals surface area (Å²) in [6.07, 6.45) is 6.34. The molecule has 7 heteroatoms. The summed E-state index contributed by atoms with van der Waals surface area (Å²) >= 11 is 0. The summed E-state index contributed by atoms with van der Waals surface area (Å²) in [6.45, 7) is 1.93. The molecule has 4 aromatic heterocycles. The minimum atomic E-state index is -0.313. The molecule has 1 N–H and O–H groups in total. The van der Waals surface area contributed by atoms with Gasteiger partial charge in [-0.1, -0.05) is 0 Å². The van der Waals surface area contributed by atoms with Crippen molar-refractivity contribution in [1.82, 2.24) is 19.6 Å². The van der Waals surface area contributed by atoms with Crippen molar-refractivity contribution in [2.45, 2.75) is 6.92 Å². The van der Waals surface area contributed by atoms with Gasteiger partial charge >= 0.3 is 0 Å². The summed E-state index contributed by atoms with van der Waals surface area (Å²) in [5.41, 5.74) is 2.55. The third-order valence-corrected chi connectivity index (χ3v) is 3.58. The molecular weight excluding hydrogens is 306 g/mol. The van der Waals surface area contributed by atoms with Crippen molar-refractivity contribution in [3.05, 3.63) is 66.3 Å². The fourth-order valence-electron chi connectivity index (χ4n) is 2.45. The standard InChI is InChI=1S/C17H13N5O2/c1-11-4-6-18-15(9-11)21-17(23)12-10-20-22-13(5-7-19-16(12)22)14-3-2-8-24-14/h2-10H,1H3,(H,18,21,23). The predicted molar refractivity (Wildman–Crippen MR) is 87.6 cm³/mol. The molecule has 0 aliphatic carbocycles. The number of pyridine rings is 1. The molecule has 0 fully saturated rings. The van der Waals surface area contributed by atoms with Gasteiger partial charge in [-0.05, 0) is 42.8 Å². The van der Waals surface area contributed by atoms with Gasteiger partial charge in [-0.2, -0.15) is 5.10 Å². The van der Waals surface area contributed by atoms with Gasteiger partial charge in [0.05, 0.1) is 12.5 Å². The molecule has 0 saturated heterocycles. The molecule has 0 aromatic carbocycles. The lowest BCUT2D eigenvalue weighted by molar-refractivity contribution is 0.102. The third-order valence-electron chi connectivity index (χ3n) is 3.58. The monoisotopic (exact) mass is 319 g/mol. The Morgan fingerprint density at radius 1 is 1.21 bits per heavy atom. The van der Waals surface area contributed by atoms with Crippen molar-refractivity contribution in [1.29, 1.82) is 0 Å². The Morgan fingerprint density at radius 3 is 2.88 bits per heavy atom. The fraction of sp³-hybridized carbons (Fsp3) is 0.0588. The topological polar surface area (TPSA) is 85.3 Å². The molecule has 0 bridgehead atoms. The lowest BCUT2D eigenvalue weighted by Crippen LogP contribution is -2.13. The molecule has 0 atom stereocenters. The number of anilines is 1. The van der Waals surface area contributed by atoms with Gasteiger partial charge in [-0.15, -0.1) is 0 Å². The van der Waals surface area contributed by atoms with E-state index in [0.717, 1.165) is 11.3 Å². The van der Waals surface area contributed by atoms with Crippen LogP contribution in [0.25, 0.3) is 17.1 Å². The van der Waals surface area contributed by atoms with Crippen molar-refractivity contribution >= 4 is 17.4 Å². The van der Waals surface area contributed by atoms with E-state index in [1.807, 2.05) is 19.1 Å². The second-order valence-corrected chi connectivity index (χ2v) is 5.27. The van der Waals surface area contributed by atoms with Crippen LogP contribution in [0.5, 0.6) is 0 Å². The number of rotatable bonds is 3. The molecule has 0 unspecified atom stereocenters. The van der Waals surface area contributed by atoms with Crippen LogP contribution in [-0.2, 0) is 0 Å². The quantitative estimate of drug-likeness (QED) is 0.627. The Morgan fingerprint density at radius 2 is 2.08 bits per heavy atom. The summed E-state index contributed by atoms with van der Waals surface area (Å²) in [7, 11) is 0. The highest BCUT2D eigenvalue weighted by atomic mass is 16.3. The second kappa shape index (κ2) is 5.62. The first-order valence-electron chi connectivity index (χ1n) is 7.33. The van der Waals surface area contributed by atoms with E-state index >= 15 is 0 Å². The zero-order valence-corrected chi connectivity index (χ0v) is 12.8. The highest BCUT2D eigenvalue weighted by Crippen LogP contribution is 2.21. The number of carbonyl (C=O) groups is 1. The summed E-state index contributed by atoms with van der Waals surface area (Å²) in [5.74, 6) is 0.826. The van der Waals surface area contributed by atoms with Gasteiger partial charge in [-0.25, -0.2) is 14.5 Å². The normalized spacial score (nSPS) is 10.9. The Kier molecular flexibility index (Phi) is 3.31. The average Bonchev–Trinajstić information content (AvgIpc) is 3.24. The number of aryl methyl sites for hydroxylation is 1. The largest absolute Gasteiger partial charge is 0.463 e. The Bertz CT molecular complexity index is 1020. The number of hydrogen-bond acceptors (Lipinski definition) is 5. The van der Waals surface area contributed by atoms with Gasteiger partial charge in [0.15, 0.2) is 11.4 Å². The first kappa shape index (κ1) is 14.1. The highest BCUT2D eigenvalue weighted by Gasteiger charge is 2.17. The summed E-state index contributed by atoms with van der Waals surface area (Å²) < 4.78 is 6.99. The van der Waals surface area contributed by atoms with Crippen LogP contribution < -0.4 is 5.32 Å². The molecule has 0 aliphatic rings. The number of fused-ring (bicyclic) bond motifs is 1. The zero-order valence-electron chi connectivity index (χ0n) is 12.8. The van der Waals surface area contributed by atoms with E-state index in [-0.39, 0.29) is 5.91 Å². The average molecular weight is 319 g/mol. The summed E-state index contributed by atoms with van der Waals surface area (Å²) in [5, 5.41) is 7.03. The predicted octanol–water partition coefficient (Wildman–Crippen LogP) is 2.95. The van der Waals surface area contributed by atoms with E-state index in [2.05, 4.69) is 20.4 Å². The van der Waals surface area contributed by atoms with Crippen LogP contribution in [0.15, 0.2) is 59.6 Å². The van der Waals surface area contributed by atoms with Crippen LogP contribution in [0.2, 0.25) is 0 Å². The molecule has 0 saturated carbocycles. The van der Waals surface area contributed by atoms with Gasteiger partial charge < -0.3 is 9.73 Å². The first-order chi connectivity index (χ1) is 11.7. The van der Waals surface area contributed by atoms with E-state index in [1.165, 1.54) is 6.20 Å². The number of furan rings is 1. The SMILES string of the molecule is Cc1ccnc(NC(=O)c2cnn3c(-c4ccco4)ccnc23)c1. The van der Waals surface area contributed by atoms with Crippen LogP contribution in [0.1, 0.15) is 15.9 Å². The Labute approximate surface area is 137 Å². The maximum absolute atomic E-state index is 12.5. The molecule has 1 amide bonds. The van der Waals surface area contributed by atoms with Gasteiger partial charge in [-0.3, -0.25) is 4.79 Å². The second-order valence-electron chi connectivity index (χ2n) is 5.27. The lowest BCUT2D eigenvalue weighted by atomic mass is 10.2. The Hall–Kier alpha value is -3.48. The minimum Gasteiger partial charge on any atom is -0.463 e. The number of hydrogen-bond donors (Lipinski definition) is 1. The van der Waals surface area contributed by atoms with E-state index < -0.39 is 0 Å². The Balaban J connectivity index is 1.73. The van der Waals surface area contributed by atoms with Crippen LogP contribution in [0, 0.1) is 6.92 Å². The maximum atomic E-state index is 12.5. The summed E-state index contributed by atoms with van der Waals surface area (Å²) in [4.78, 5) is 20.9. The highest BCUT2D eigenvalue weighted by molar-refractivity contribution is 6.07. The van der Waals surface area contributed by atoms with Crippen LogP contribution in [0.3, 0.4) is 0 Å². The van der Waals surface area contributed by atoms with Crippen LogP contribution >= 0.6 is 0 Å². The number of aromatic nitrogens is 4. The molecule has 0 aliphatic heterocycles. The first-order valence-corrected chi connectivity index (χ1v) is 7.33. The van der Waals surface area contributed by atoms with Crippen LogP contribution in [-0.4, -0.2) is 25.5 Å². The molecule has 0 spiro atoms. The number of amides is 1. The smallest absolute Gasteiger partial charge is 0.262 e. The zero-order chi connectivity index (χ0) is 16.5. The van der Waals surface area contributed by atoms with Gasteiger partial charge in [0.2, 0.25) is 0 Å². The van der Waals surface area contributed by atoms with Crippen molar-refractivity contribution in [2.24, 2.45) is 0 Å². The fourth-order valence-corrected chi connectivity index (χ4v) is 2.45. The number of nitrogens with zero attached hydrogens (tertiary/aromatic N) is 4. The van der Waals surface area contributed by atoms with Crippen LogP contribution in [0.4, 0.5) is 5.82 Å². The molecular formula is C17H13N5O2. The van der Waals surface area contributed by atoms with Gasteiger partial charge in [0.1, 0.15) is 17.1 Å². The molecule has 7 nitrogen and oxygen atoms in total. The van der Waals surface area contributed by atoms with E-state index in [9.17, 15) is 4.79 Å². The van der Waals surface area contributed by atoms with Gasteiger partial charge in [0.25, 0.3) is 5.91 Å². The van der Waals surface area contributed by atoms with E-state index in [4.69, 9.17) is 4.42 Å². The summed E-state index contributed by atoms with van der Waals surface area (Å²) in [6, 6.07) is 9.06. The van der Waals surface area contributed by atoms with E-state index in [1.54, 1.807) is 41.4 Å². The lowest BCUT2D eigenvalue weighted by Gasteiger charge is -2.04. The van der Waals surface area contributed by atoms with E-state index in [0.29, 0.717) is 22.8 Å². The number of nitrogens with one attached hydrogen (secondary N) is 1. The van der Waals surface area contributed by atoms with Gasteiger partial charge in [0, 0.05) is 12.4 Å². The molecule has 4 aromatic rings. The molecule has 4 rings (SSSR count). The minimum absolute atomic E-state index is 0.313. The van der Waals surface area contributed by atoms with Crippen molar-refractivity contribution < 1.29 is 9.21 Å². The third kappa shape index (κ3) is 2.41. The maximum Gasteiger partial charge on any atom is 0.262 e. The molecule has 118 valence electrons.